The van der Waals surface area contributed by atoms with Crippen LogP contribution in [0.5, 0.6) is 0 Å². The Bertz CT molecular complexity index is 780. The number of amides is 2. The van der Waals surface area contributed by atoms with Crippen LogP contribution in [0.1, 0.15) is 17.3 Å². The normalized spacial score (nSPS) is 11.1. The summed E-state index contributed by atoms with van der Waals surface area (Å²) in [5.41, 5.74) is 1.92. The molecular weight excluding hydrogens is 338 g/mol. The van der Waals surface area contributed by atoms with Crippen LogP contribution in [0.3, 0.4) is 0 Å². The highest BCUT2D eigenvalue weighted by molar-refractivity contribution is 6.30. The van der Waals surface area contributed by atoms with Gasteiger partial charge in [0.1, 0.15) is 6.04 Å². The summed E-state index contributed by atoms with van der Waals surface area (Å²) in [4.78, 5) is 23.9. The Hall–Kier alpha value is -2.97. The number of carbonyl (C=O) groups excluding carboxylic acids is 2. The van der Waals surface area contributed by atoms with Gasteiger partial charge in [-0.25, -0.2) is 0 Å². The van der Waals surface area contributed by atoms with Gasteiger partial charge in [0.25, 0.3) is 5.91 Å². The third kappa shape index (κ3) is 5.55. The number of terminal acetylenes is 1. The highest BCUT2D eigenvalue weighted by atomic mass is 35.5. The summed E-state index contributed by atoms with van der Waals surface area (Å²) in [6, 6.07) is 13.3. The van der Waals surface area contributed by atoms with Crippen molar-refractivity contribution in [1.82, 2.24) is 5.32 Å². The van der Waals surface area contributed by atoms with Crippen molar-refractivity contribution in [2.24, 2.45) is 0 Å². The number of anilines is 2. The highest BCUT2D eigenvalue weighted by Gasteiger charge is 2.11. The molecule has 0 saturated carbocycles. The molecule has 0 fully saturated rings. The van der Waals surface area contributed by atoms with E-state index in [2.05, 4.69) is 21.9 Å². The molecule has 5 nitrogen and oxygen atoms in total. The van der Waals surface area contributed by atoms with Crippen LogP contribution in [0.4, 0.5) is 11.4 Å². The predicted octanol–water partition coefficient (Wildman–Crippen LogP) is 3.14. The minimum absolute atomic E-state index is 0.182. The van der Waals surface area contributed by atoms with Crippen LogP contribution in [0.15, 0.2) is 48.5 Å². The predicted molar refractivity (Wildman–Crippen MR) is 101 cm³/mol. The van der Waals surface area contributed by atoms with Gasteiger partial charge in [-0.3, -0.25) is 9.59 Å². The van der Waals surface area contributed by atoms with Gasteiger partial charge in [-0.1, -0.05) is 17.5 Å². The first-order valence-corrected chi connectivity index (χ1v) is 8.02. The summed E-state index contributed by atoms with van der Waals surface area (Å²) in [7, 11) is 0. The van der Waals surface area contributed by atoms with E-state index in [0.29, 0.717) is 16.3 Å². The van der Waals surface area contributed by atoms with Crippen molar-refractivity contribution in [1.29, 1.82) is 0 Å². The molecule has 2 aromatic carbocycles. The summed E-state index contributed by atoms with van der Waals surface area (Å²) in [6.45, 7) is 1.93. The first-order chi connectivity index (χ1) is 12.0. The molecular formula is C19H18ClN3O2. The molecule has 3 N–H and O–H groups in total. The Balaban J connectivity index is 1.93. The molecule has 0 aliphatic rings. The number of hydrogen-bond acceptors (Lipinski definition) is 3. The average molecular weight is 356 g/mol. The quantitative estimate of drug-likeness (QED) is 0.697. The van der Waals surface area contributed by atoms with Crippen LogP contribution in [0.25, 0.3) is 0 Å². The van der Waals surface area contributed by atoms with E-state index >= 15 is 0 Å². The first-order valence-electron chi connectivity index (χ1n) is 7.64. The topological polar surface area (TPSA) is 70.2 Å². The van der Waals surface area contributed by atoms with Gasteiger partial charge in [0.05, 0.1) is 6.54 Å². The van der Waals surface area contributed by atoms with E-state index in [1.807, 2.05) is 0 Å². The van der Waals surface area contributed by atoms with E-state index in [9.17, 15) is 9.59 Å². The van der Waals surface area contributed by atoms with Crippen molar-refractivity contribution in [2.45, 2.75) is 13.0 Å². The zero-order valence-corrected chi connectivity index (χ0v) is 14.4. The van der Waals surface area contributed by atoms with Gasteiger partial charge >= 0.3 is 0 Å². The smallest absolute Gasteiger partial charge is 0.255 e. The van der Waals surface area contributed by atoms with Crippen LogP contribution in [-0.4, -0.2) is 24.4 Å². The molecule has 6 heteroatoms. The Labute approximate surface area is 151 Å². The zero-order valence-electron chi connectivity index (χ0n) is 13.7. The molecule has 128 valence electrons. The number of nitrogens with one attached hydrogen (secondary N) is 3. The van der Waals surface area contributed by atoms with Crippen LogP contribution in [0, 0.1) is 12.3 Å². The number of benzene rings is 2. The number of halogens is 1. The monoisotopic (exact) mass is 355 g/mol. The molecule has 0 heterocycles. The minimum Gasteiger partial charge on any atom is -0.374 e. The summed E-state index contributed by atoms with van der Waals surface area (Å²) < 4.78 is 0. The molecule has 0 bridgehead atoms. The number of hydrogen-bond donors (Lipinski definition) is 3. The lowest BCUT2D eigenvalue weighted by Gasteiger charge is -2.15. The number of carbonyl (C=O) groups is 2. The van der Waals surface area contributed by atoms with Crippen LogP contribution >= 0.6 is 11.6 Å². The average Bonchev–Trinajstić information content (AvgIpc) is 2.61. The van der Waals surface area contributed by atoms with Crippen molar-refractivity contribution < 1.29 is 9.59 Å². The standard InChI is InChI=1S/C19H18ClN3O2/c1-3-12-21-18(24)13(2)22-16-8-10-17(11-9-16)23-19(25)14-4-6-15(20)7-5-14/h1,4-11,13,22H,12H2,2H3,(H,21,24)(H,23,25). The fourth-order valence-corrected chi connectivity index (χ4v) is 2.19. The molecule has 1 atom stereocenters. The summed E-state index contributed by atoms with van der Waals surface area (Å²) >= 11 is 5.81. The lowest BCUT2D eigenvalue weighted by molar-refractivity contribution is -0.121. The van der Waals surface area contributed by atoms with Crippen molar-refractivity contribution >= 4 is 34.8 Å². The fourth-order valence-electron chi connectivity index (χ4n) is 2.06. The van der Waals surface area contributed by atoms with Crippen molar-refractivity contribution in [3.63, 3.8) is 0 Å². The van der Waals surface area contributed by atoms with E-state index < -0.39 is 6.04 Å². The van der Waals surface area contributed by atoms with Crippen molar-refractivity contribution in [3.8, 4) is 12.3 Å². The highest BCUT2D eigenvalue weighted by Crippen LogP contribution is 2.16. The third-order valence-electron chi connectivity index (χ3n) is 3.39. The maximum absolute atomic E-state index is 12.1. The van der Waals surface area contributed by atoms with Crippen molar-refractivity contribution in [3.05, 3.63) is 59.1 Å². The van der Waals surface area contributed by atoms with Gasteiger partial charge < -0.3 is 16.0 Å². The zero-order chi connectivity index (χ0) is 18.2. The SMILES string of the molecule is C#CCNC(=O)C(C)Nc1ccc(NC(=O)c2ccc(Cl)cc2)cc1. The minimum atomic E-state index is -0.428. The molecule has 0 radical (unpaired) electrons. The summed E-state index contributed by atoms with van der Waals surface area (Å²) in [6.07, 6.45) is 5.11. The van der Waals surface area contributed by atoms with Gasteiger partial charge in [-0.15, -0.1) is 6.42 Å². The molecule has 0 aromatic heterocycles. The Morgan fingerprint density at radius 1 is 1.08 bits per heavy atom. The Morgan fingerprint density at radius 2 is 1.68 bits per heavy atom. The lowest BCUT2D eigenvalue weighted by Crippen LogP contribution is -2.37. The molecule has 2 amide bonds. The van der Waals surface area contributed by atoms with Gasteiger partial charge in [0, 0.05) is 22.0 Å². The van der Waals surface area contributed by atoms with E-state index in [-0.39, 0.29) is 18.4 Å². The van der Waals surface area contributed by atoms with E-state index in [1.165, 1.54) is 0 Å². The summed E-state index contributed by atoms with van der Waals surface area (Å²) in [5, 5.41) is 9.04. The molecule has 0 aliphatic heterocycles. The molecule has 0 spiro atoms. The Morgan fingerprint density at radius 3 is 2.28 bits per heavy atom. The molecule has 25 heavy (non-hydrogen) atoms. The van der Waals surface area contributed by atoms with Crippen LogP contribution < -0.4 is 16.0 Å². The van der Waals surface area contributed by atoms with E-state index in [0.717, 1.165) is 5.69 Å². The van der Waals surface area contributed by atoms with Crippen LogP contribution in [-0.2, 0) is 4.79 Å². The van der Waals surface area contributed by atoms with E-state index in [1.54, 1.807) is 55.5 Å². The van der Waals surface area contributed by atoms with Gasteiger partial charge in [-0.2, -0.15) is 0 Å². The molecule has 0 saturated heterocycles. The third-order valence-corrected chi connectivity index (χ3v) is 3.64. The van der Waals surface area contributed by atoms with E-state index in [4.69, 9.17) is 18.0 Å². The molecule has 2 aromatic rings. The molecule has 2 rings (SSSR count). The van der Waals surface area contributed by atoms with Gasteiger partial charge in [0.2, 0.25) is 5.91 Å². The maximum atomic E-state index is 12.1. The van der Waals surface area contributed by atoms with Crippen molar-refractivity contribution in [2.75, 3.05) is 17.2 Å². The second-order valence-electron chi connectivity index (χ2n) is 5.33. The summed E-state index contributed by atoms with van der Waals surface area (Å²) in [5.74, 6) is 1.95. The molecule has 1 unspecified atom stereocenters. The van der Waals surface area contributed by atoms with Gasteiger partial charge in [-0.05, 0) is 55.5 Å². The maximum Gasteiger partial charge on any atom is 0.255 e. The second kappa shape index (κ2) is 8.76. The number of rotatable bonds is 6. The second-order valence-corrected chi connectivity index (χ2v) is 5.76. The lowest BCUT2D eigenvalue weighted by atomic mass is 10.2. The fraction of sp³-hybridized carbons (Fsp3) is 0.158. The van der Waals surface area contributed by atoms with Gasteiger partial charge in [0.15, 0.2) is 0 Å². The first kappa shape index (κ1) is 18.4. The molecule has 0 aliphatic carbocycles. The largest absolute Gasteiger partial charge is 0.374 e. The van der Waals surface area contributed by atoms with Crippen LogP contribution in [0.2, 0.25) is 5.02 Å². The Kier molecular flexibility index (Phi) is 6.44.